The van der Waals surface area contributed by atoms with Crippen molar-refractivity contribution >= 4 is 11.9 Å². The molecule has 3 saturated carbocycles. The summed E-state index contributed by atoms with van der Waals surface area (Å²) in [5, 5.41) is 8.75. The molecule has 0 aromatic heterocycles. The summed E-state index contributed by atoms with van der Waals surface area (Å²) in [5.74, 6) is 0.914. The highest BCUT2D eigenvalue weighted by Gasteiger charge is 2.59. The van der Waals surface area contributed by atoms with Crippen LogP contribution in [-0.4, -0.2) is 29.8 Å². The van der Waals surface area contributed by atoms with Crippen molar-refractivity contribution in [2.45, 2.75) is 78.2 Å². The predicted octanol–water partition coefficient (Wildman–Crippen LogP) is 4.37. The van der Waals surface area contributed by atoms with Gasteiger partial charge in [0.1, 0.15) is 6.10 Å². The first-order chi connectivity index (χ1) is 14.3. The Morgan fingerprint density at radius 2 is 2.00 bits per heavy atom. The van der Waals surface area contributed by atoms with Gasteiger partial charge < -0.3 is 9.84 Å². The second-order valence-electron chi connectivity index (χ2n) is 10.1. The largest absolute Gasteiger partial charge is 0.479 e. The molecule has 0 aromatic rings. The van der Waals surface area contributed by atoms with Crippen LogP contribution in [0.2, 0.25) is 0 Å². The second-order valence-corrected chi connectivity index (χ2v) is 10.1. The van der Waals surface area contributed by atoms with Crippen molar-refractivity contribution in [1.82, 2.24) is 5.48 Å². The molecule has 0 aliphatic heterocycles. The number of carboxylic acid groups (broad SMARTS) is 1. The first-order valence-electron chi connectivity index (χ1n) is 11.5. The lowest BCUT2D eigenvalue weighted by atomic mass is 9.48. The standard InChI is InChI=1S/C24H35NO5/c1-4-22(28)30-20-8-7-18-17-6-5-15-13-16(25-29-14-21(26)27)9-11-23(15,2)19(17)10-12-24(18,20)3/h9,13,17-20,25H,4-8,10-12,14H2,1-3H3,(H,26,27)/t17-,18-,19-,20-,23+,24+/m1/s1. The van der Waals surface area contributed by atoms with Gasteiger partial charge in [0.25, 0.3) is 0 Å². The van der Waals surface area contributed by atoms with Crippen LogP contribution in [0.5, 0.6) is 0 Å². The van der Waals surface area contributed by atoms with E-state index in [2.05, 4.69) is 31.5 Å². The lowest BCUT2D eigenvalue weighted by Crippen LogP contribution is -2.51. The number of hydroxylamine groups is 1. The Kier molecular flexibility index (Phi) is 5.73. The summed E-state index contributed by atoms with van der Waals surface area (Å²) in [6.07, 6.45) is 12.5. The molecule has 0 heterocycles. The predicted molar refractivity (Wildman–Crippen MR) is 112 cm³/mol. The van der Waals surface area contributed by atoms with Crippen molar-refractivity contribution in [3.8, 4) is 0 Å². The molecular formula is C24H35NO5. The fourth-order valence-electron chi connectivity index (χ4n) is 7.05. The number of allylic oxidation sites excluding steroid dienone is 3. The van der Waals surface area contributed by atoms with Crippen LogP contribution in [0.4, 0.5) is 0 Å². The molecule has 3 fully saturated rings. The van der Waals surface area contributed by atoms with Gasteiger partial charge in [-0.1, -0.05) is 32.4 Å². The van der Waals surface area contributed by atoms with Crippen molar-refractivity contribution in [2.24, 2.45) is 28.6 Å². The van der Waals surface area contributed by atoms with Crippen molar-refractivity contribution < 1.29 is 24.3 Å². The maximum atomic E-state index is 12.0. The SMILES string of the molecule is CCC(=O)O[C@@H]1CC[C@@H]2[C@H]3CCC4=CC(NOCC(=O)O)=CC[C@]4(C)[C@@H]3CC[C@@]21C. The van der Waals surface area contributed by atoms with Gasteiger partial charge >= 0.3 is 11.9 Å². The molecular weight excluding hydrogens is 382 g/mol. The number of nitrogens with one attached hydrogen (secondary N) is 1. The van der Waals surface area contributed by atoms with Gasteiger partial charge in [-0.15, -0.1) is 0 Å². The van der Waals surface area contributed by atoms with Crippen molar-refractivity contribution in [1.29, 1.82) is 0 Å². The minimum Gasteiger partial charge on any atom is -0.479 e. The Morgan fingerprint density at radius 3 is 2.73 bits per heavy atom. The number of esters is 1. The quantitative estimate of drug-likeness (QED) is 0.493. The average Bonchev–Trinajstić information content (AvgIpc) is 3.04. The zero-order valence-electron chi connectivity index (χ0n) is 18.4. The molecule has 30 heavy (non-hydrogen) atoms. The van der Waals surface area contributed by atoms with E-state index in [0.29, 0.717) is 24.2 Å². The molecule has 0 aromatic carbocycles. The Hall–Kier alpha value is -1.82. The fourth-order valence-corrected chi connectivity index (χ4v) is 7.05. The number of hydrogen-bond donors (Lipinski definition) is 2. The van der Waals surface area contributed by atoms with Crippen molar-refractivity contribution in [3.05, 3.63) is 23.4 Å². The van der Waals surface area contributed by atoms with E-state index in [4.69, 9.17) is 14.7 Å². The van der Waals surface area contributed by atoms with Crippen molar-refractivity contribution in [2.75, 3.05) is 6.61 Å². The Bertz CT molecular complexity index is 774. The van der Waals surface area contributed by atoms with Crippen LogP contribution in [-0.2, 0) is 19.2 Å². The highest BCUT2D eigenvalue weighted by Crippen LogP contribution is 2.65. The highest BCUT2D eigenvalue weighted by molar-refractivity contribution is 5.69. The maximum absolute atomic E-state index is 12.0. The number of carbonyl (C=O) groups excluding carboxylic acids is 1. The molecule has 0 bridgehead atoms. The normalized spacial score (nSPS) is 39.7. The van der Waals surface area contributed by atoms with Crippen LogP contribution >= 0.6 is 0 Å². The second kappa shape index (κ2) is 8.03. The summed E-state index contributed by atoms with van der Waals surface area (Å²) in [6.45, 7) is 6.29. The van der Waals surface area contributed by atoms with Gasteiger partial charge in [0.15, 0.2) is 6.61 Å². The van der Waals surface area contributed by atoms with Gasteiger partial charge in [0.2, 0.25) is 0 Å². The van der Waals surface area contributed by atoms with E-state index in [9.17, 15) is 9.59 Å². The zero-order valence-corrected chi connectivity index (χ0v) is 18.4. The summed E-state index contributed by atoms with van der Waals surface area (Å²) in [6, 6.07) is 0. The van der Waals surface area contributed by atoms with E-state index in [1.807, 2.05) is 6.92 Å². The van der Waals surface area contributed by atoms with Gasteiger partial charge in [0, 0.05) is 11.8 Å². The topological polar surface area (TPSA) is 84.9 Å². The smallest absolute Gasteiger partial charge is 0.332 e. The minimum atomic E-state index is -0.985. The molecule has 0 radical (unpaired) electrons. The molecule has 4 aliphatic carbocycles. The third-order valence-electron chi connectivity index (χ3n) is 8.67. The highest BCUT2D eigenvalue weighted by atomic mass is 16.7. The summed E-state index contributed by atoms with van der Waals surface area (Å²) in [5.41, 5.74) is 5.40. The third-order valence-corrected chi connectivity index (χ3v) is 8.67. The van der Waals surface area contributed by atoms with Gasteiger partial charge in [-0.2, -0.15) is 0 Å². The van der Waals surface area contributed by atoms with Crippen LogP contribution < -0.4 is 5.48 Å². The number of carbonyl (C=O) groups is 2. The van der Waals surface area contributed by atoms with Gasteiger partial charge in [0.05, 0.1) is 5.70 Å². The number of carboxylic acids is 1. The molecule has 0 amide bonds. The Morgan fingerprint density at radius 1 is 1.20 bits per heavy atom. The molecule has 4 rings (SSSR count). The molecule has 4 aliphatic rings. The summed E-state index contributed by atoms with van der Waals surface area (Å²) >= 11 is 0. The molecule has 2 N–H and O–H groups in total. The zero-order chi connectivity index (χ0) is 21.5. The number of rotatable bonds is 6. The van der Waals surface area contributed by atoms with Crippen LogP contribution in [0.1, 0.15) is 72.1 Å². The van der Waals surface area contributed by atoms with Crippen LogP contribution in [0.3, 0.4) is 0 Å². The number of ether oxygens (including phenoxy) is 1. The van der Waals surface area contributed by atoms with E-state index in [-0.39, 0.29) is 29.5 Å². The van der Waals surface area contributed by atoms with Crippen LogP contribution in [0.25, 0.3) is 0 Å². The summed E-state index contributed by atoms with van der Waals surface area (Å²) < 4.78 is 5.89. The van der Waals surface area contributed by atoms with E-state index in [1.165, 1.54) is 24.8 Å². The van der Waals surface area contributed by atoms with E-state index >= 15 is 0 Å². The number of hydrogen-bond acceptors (Lipinski definition) is 5. The van der Waals surface area contributed by atoms with Crippen molar-refractivity contribution in [3.63, 3.8) is 0 Å². The summed E-state index contributed by atoms with van der Waals surface area (Å²) in [4.78, 5) is 27.7. The average molecular weight is 418 g/mol. The van der Waals surface area contributed by atoms with Gasteiger partial charge in [-0.3, -0.25) is 15.1 Å². The Balaban J connectivity index is 1.47. The first-order valence-corrected chi connectivity index (χ1v) is 11.5. The lowest BCUT2D eigenvalue weighted by molar-refractivity contribution is -0.159. The van der Waals surface area contributed by atoms with E-state index in [0.717, 1.165) is 31.4 Å². The number of fused-ring (bicyclic) bond motifs is 5. The van der Waals surface area contributed by atoms with Crippen LogP contribution in [0.15, 0.2) is 23.4 Å². The number of aliphatic carboxylic acids is 1. The molecule has 0 unspecified atom stereocenters. The monoisotopic (exact) mass is 417 g/mol. The molecule has 0 saturated heterocycles. The van der Waals surface area contributed by atoms with E-state index < -0.39 is 5.97 Å². The molecule has 6 nitrogen and oxygen atoms in total. The maximum Gasteiger partial charge on any atom is 0.332 e. The lowest BCUT2D eigenvalue weighted by Gasteiger charge is -2.57. The van der Waals surface area contributed by atoms with Gasteiger partial charge in [-0.05, 0) is 74.2 Å². The molecule has 0 spiro atoms. The van der Waals surface area contributed by atoms with Gasteiger partial charge in [-0.25, -0.2) is 4.79 Å². The minimum absolute atomic E-state index is 0.0626. The molecule has 6 heteroatoms. The van der Waals surface area contributed by atoms with Crippen LogP contribution in [0, 0.1) is 28.6 Å². The first kappa shape index (κ1) is 21.4. The van der Waals surface area contributed by atoms with E-state index in [1.54, 1.807) is 0 Å². The summed E-state index contributed by atoms with van der Waals surface area (Å²) in [7, 11) is 0. The fraction of sp³-hybridized carbons (Fsp3) is 0.750. The Labute approximate surface area is 179 Å². The molecule has 6 atom stereocenters. The molecule has 166 valence electrons. The third kappa shape index (κ3) is 3.57.